The Morgan fingerprint density at radius 2 is 1.75 bits per heavy atom. The van der Waals surface area contributed by atoms with Crippen molar-refractivity contribution < 1.29 is 23.1 Å². The molecule has 0 amide bonds. The highest BCUT2D eigenvalue weighted by Crippen LogP contribution is 2.30. The van der Waals surface area contributed by atoms with Crippen LogP contribution in [-0.4, -0.2) is 27.4 Å². The third-order valence-electron chi connectivity index (χ3n) is 4.94. The van der Waals surface area contributed by atoms with Gasteiger partial charge in [-0.25, -0.2) is 4.68 Å². The predicted molar refractivity (Wildman–Crippen MR) is 117 cm³/mol. The van der Waals surface area contributed by atoms with Crippen LogP contribution in [0.25, 0.3) is 5.69 Å². The average molecular weight is 446 g/mol. The molecular weight excluding hydrogens is 421 g/mol. The van der Waals surface area contributed by atoms with Gasteiger partial charge in [0.25, 0.3) is 0 Å². The molecule has 0 spiro atoms. The molecule has 0 fully saturated rings. The maximum absolute atomic E-state index is 12.8. The van der Waals surface area contributed by atoms with E-state index in [9.17, 15) is 18.0 Å². The first-order valence-electron chi connectivity index (χ1n) is 10.3. The number of benzene rings is 2. The van der Waals surface area contributed by atoms with E-state index in [-0.39, 0.29) is 12.5 Å². The fourth-order valence-corrected chi connectivity index (χ4v) is 3.28. The zero-order chi connectivity index (χ0) is 23.1. The Labute approximate surface area is 184 Å². The van der Waals surface area contributed by atoms with Crippen molar-refractivity contribution in [2.45, 2.75) is 38.4 Å². The second-order valence-corrected chi connectivity index (χ2v) is 7.40. The van der Waals surface area contributed by atoms with Crippen LogP contribution in [0.5, 0.6) is 0 Å². The maximum atomic E-state index is 12.8. The van der Waals surface area contributed by atoms with E-state index in [0.29, 0.717) is 12.2 Å². The van der Waals surface area contributed by atoms with Gasteiger partial charge in [0.05, 0.1) is 29.9 Å². The van der Waals surface area contributed by atoms with E-state index in [2.05, 4.69) is 22.7 Å². The zero-order valence-electron chi connectivity index (χ0n) is 17.6. The van der Waals surface area contributed by atoms with Crippen molar-refractivity contribution in [3.8, 4) is 5.69 Å². The van der Waals surface area contributed by atoms with Gasteiger partial charge in [-0.1, -0.05) is 25.5 Å². The SMILES string of the molecule is CCC[C@H](Nc1ccc(-n2cc(C(F)(F)F)cn2)cc1)c1ccc(NCCC(=O)O)cc1. The van der Waals surface area contributed by atoms with Gasteiger partial charge in [-0.05, 0) is 48.4 Å². The first-order chi connectivity index (χ1) is 15.3. The molecule has 0 unspecified atom stereocenters. The smallest absolute Gasteiger partial charge is 0.419 e. The molecule has 6 nitrogen and oxygen atoms in total. The number of halogens is 3. The largest absolute Gasteiger partial charge is 0.481 e. The average Bonchev–Trinajstić information content (AvgIpc) is 3.25. The van der Waals surface area contributed by atoms with Crippen LogP contribution in [0.1, 0.15) is 43.4 Å². The number of alkyl halides is 3. The van der Waals surface area contributed by atoms with Crippen LogP contribution in [0.2, 0.25) is 0 Å². The van der Waals surface area contributed by atoms with Crippen molar-refractivity contribution in [1.82, 2.24) is 9.78 Å². The van der Waals surface area contributed by atoms with Gasteiger partial charge in [-0.3, -0.25) is 4.79 Å². The number of anilines is 2. The van der Waals surface area contributed by atoms with E-state index in [1.165, 1.54) is 4.68 Å². The Hall–Kier alpha value is -3.49. The van der Waals surface area contributed by atoms with Crippen LogP contribution in [0.4, 0.5) is 24.5 Å². The van der Waals surface area contributed by atoms with E-state index in [1.807, 2.05) is 36.4 Å². The number of nitrogens with zero attached hydrogens (tertiary/aromatic N) is 2. The topological polar surface area (TPSA) is 79.2 Å². The molecule has 1 atom stereocenters. The molecule has 170 valence electrons. The van der Waals surface area contributed by atoms with E-state index < -0.39 is 17.7 Å². The number of carbonyl (C=O) groups is 1. The van der Waals surface area contributed by atoms with Crippen LogP contribution in [0.15, 0.2) is 60.9 Å². The van der Waals surface area contributed by atoms with Crippen LogP contribution in [-0.2, 0) is 11.0 Å². The number of hydrogen-bond acceptors (Lipinski definition) is 4. The minimum Gasteiger partial charge on any atom is -0.481 e. The van der Waals surface area contributed by atoms with E-state index in [0.717, 1.165) is 42.2 Å². The number of hydrogen-bond donors (Lipinski definition) is 3. The number of carboxylic acid groups (broad SMARTS) is 1. The molecule has 0 aliphatic heterocycles. The summed E-state index contributed by atoms with van der Waals surface area (Å²) < 4.78 is 39.6. The van der Waals surface area contributed by atoms with Gasteiger partial charge >= 0.3 is 12.1 Å². The van der Waals surface area contributed by atoms with Gasteiger partial charge in [-0.15, -0.1) is 0 Å². The summed E-state index contributed by atoms with van der Waals surface area (Å²) in [5.41, 5.74) is 2.53. The molecule has 2 aromatic carbocycles. The van der Waals surface area contributed by atoms with Crippen molar-refractivity contribution >= 4 is 17.3 Å². The summed E-state index contributed by atoms with van der Waals surface area (Å²) >= 11 is 0. The van der Waals surface area contributed by atoms with Crippen molar-refractivity contribution in [3.05, 3.63) is 72.1 Å². The van der Waals surface area contributed by atoms with Crippen molar-refractivity contribution in [2.24, 2.45) is 0 Å². The summed E-state index contributed by atoms with van der Waals surface area (Å²) in [6.07, 6.45) is -0.746. The quantitative estimate of drug-likeness (QED) is 0.371. The van der Waals surface area contributed by atoms with Gasteiger partial charge < -0.3 is 15.7 Å². The molecule has 3 rings (SSSR count). The Morgan fingerprint density at radius 3 is 2.31 bits per heavy atom. The van der Waals surface area contributed by atoms with Gasteiger partial charge in [0.15, 0.2) is 0 Å². The number of rotatable bonds is 10. The lowest BCUT2D eigenvalue weighted by Crippen LogP contribution is -2.11. The van der Waals surface area contributed by atoms with Crippen molar-refractivity contribution in [2.75, 3.05) is 17.2 Å². The highest BCUT2D eigenvalue weighted by atomic mass is 19.4. The second-order valence-electron chi connectivity index (χ2n) is 7.40. The second kappa shape index (κ2) is 10.2. The van der Waals surface area contributed by atoms with Crippen LogP contribution < -0.4 is 10.6 Å². The summed E-state index contributed by atoms with van der Waals surface area (Å²) in [5.74, 6) is -0.847. The van der Waals surface area contributed by atoms with Crippen molar-refractivity contribution in [1.29, 1.82) is 0 Å². The van der Waals surface area contributed by atoms with Crippen LogP contribution in [0, 0.1) is 0 Å². The highest BCUT2D eigenvalue weighted by molar-refractivity contribution is 5.67. The fraction of sp³-hybridized carbons (Fsp3) is 0.304. The van der Waals surface area contributed by atoms with Crippen LogP contribution >= 0.6 is 0 Å². The monoisotopic (exact) mass is 446 g/mol. The van der Waals surface area contributed by atoms with Gasteiger partial charge in [0, 0.05) is 24.1 Å². The minimum atomic E-state index is -4.42. The molecule has 0 saturated carbocycles. The third-order valence-corrected chi connectivity index (χ3v) is 4.94. The summed E-state index contributed by atoms with van der Waals surface area (Å²) in [7, 11) is 0. The maximum Gasteiger partial charge on any atom is 0.419 e. The van der Waals surface area contributed by atoms with Crippen LogP contribution in [0.3, 0.4) is 0 Å². The highest BCUT2D eigenvalue weighted by Gasteiger charge is 2.32. The summed E-state index contributed by atoms with van der Waals surface area (Å²) in [6.45, 7) is 2.45. The summed E-state index contributed by atoms with van der Waals surface area (Å²) in [6, 6.07) is 14.9. The lowest BCUT2D eigenvalue weighted by Gasteiger charge is -2.20. The summed E-state index contributed by atoms with van der Waals surface area (Å²) in [5, 5.41) is 19.1. The molecule has 1 aromatic heterocycles. The Morgan fingerprint density at radius 1 is 1.09 bits per heavy atom. The van der Waals surface area contributed by atoms with E-state index >= 15 is 0 Å². The lowest BCUT2D eigenvalue weighted by molar-refractivity contribution is -0.138. The molecule has 32 heavy (non-hydrogen) atoms. The van der Waals surface area contributed by atoms with E-state index in [1.54, 1.807) is 12.1 Å². The minimum absolute atomic E-state index is 0.0494. The molecule has 3 N–H and O–H groups in total. The van der Waals surface area contributed by atoms with E-state index in [4.69, 9.17) is 5.11 Å². The summed E-state index contributed by atoms with van der Waals surface area (Å²) in [4.78, 5) is 10.6. The van der Waals surface area contributed by atoms with Crippen molar-refractivity contribution in [3.63, 3.8) is 0 Å². The lowest BCUT2D eigenvalue weighted by atomic mass is 10.0. The molecular formula is C23H25F3N4O2. The number of aromatic nitrogens is 2. The number of aliphatic carboxylic acids is 1. The predicted octanol–water partition coefficient (Wildman–Crippen LogP) is 5.73. The zero-order valence-corrected chi connectivity index (χ0v) is 17.6. The number of carboxylic acids is 1. The normalized spacial score (nSPS) is 12.4. The van der Waals surface area contributed by atoms with Gasteiger partial charge in [0.1, 0.15) is 0 Å². The molecule has 0 aliphatic rings. The molecule has 9 heteroatoms. The first-order valence-corrected chi connectivity index (χ1v) is 10.3. The third kappa shape index (κ3) is 6.26. The van der Waals surface area contributed by atoms with Gasteiger partial charge in [0.2, 0.25) is 0 Å². The molecule has 3 aromatic rings. The fourth-order valence-electron chi connectivity index (χ4n) is 3.28. The van der Waals surface area contributed by atoms with Gasteiger partial charge in [-0.2, -0.15) is 18.3 Å². The Bertz CT molecular complexity index is 1010. The Kier molecular flexibility index (Phi) is 7.40. The first kappa shape index (κ1) is 23.2. The molecule has 0 radical (unpaired) electrons. The molecule has 0 aliphatic carbocycles. The number of nitrogens with one attached hydrogen (secondary N) is 2. The molecule has 0 saturated heterocycles. The standard InChI is InChI=1S/C23H25F3N4O2/c1-2-3-21(16-4-6-18(7-5-16)27-13-12-22(31)32)29-19-8-10-20(11-9-19)30-15-17(14-28-30)23(24,25)26/h4-11,14-15,21,27,29H,2-3,12-13H2,1H3,(H,31,32)/t21-/m0/s1. The molecule has 1 heterocycles. The Balaban J connectivity index is 1.67. The molecule has 0 bridgehead atoms.